The van der Waals surface area contributed by atoms with Gasteiger partial charge in [-0.2, -0.15) is 13.2 Å². The lowest BCUT2D eigenvalue weighted by atomic mass is 9.98. The average molecular weight is 286 g/mol. The lowest BCUT2D eigenvalue weighted by Gasteiger charge is -2.15. The highest BCUT2D eigenvalue weighted by atomic mass is 32.1. The maximum absolute atomic E-state index is 12.5. The molecule has 5 heteroatoms. The van der Waals surface area contributed by atoms with Gasteiger partial charge < -0.3 is 5.11 Å². The minimum atomic E-state index is -4.35. The first-order valence-corrected chi connectivity index (χ1v) is 6.64. The second-order valence-corrected chi connectivity index (χ2v) is 5.40. The summed E-state index contributed by atoms with van der Waals surface area (Å²) >= 11 is 1.52. The molecule has 0 amide bonds. The molecule has 2 rings (SSSR count). The number of rotatable bonds is 3. The van der Waals surface area contributed by atoms with Crippen molar-refractivity contribution in [3.8, 4) is 0 Å². The molecule has 102 valence electrons. The molecular formula is C14H13F3OS. The first kappa shape index (κ1) is 14.1. The van der Waals surface area contributed by atoms with Crippen LogP contribution in [0.2, 0.25) is 0 Å². The van der Waals surface area contributed by atoms with Crippen molar-refractivity contribution >= 4 is 11.3 Å². The molecule has 1 aromatic heterocycles. The number of benzene rings is 1. The minimum absolute atomic E-state index is 0.421. The van der Waals surface area contributed by atoms with E-state index in [4.69, 9.17) is 0 Å². The third-order valence-electron chi connectivity index (χ3n) is 2.93. The topological polar surface area (TPSA) is 20.2 Å². The van der Waals surface area contributed by atoms with Gasteiger partial charge in [0.1, 0.15) is 0 Å². The molecule has 1 atom stereocenters. The fourth-order valence-electron chi connectivity index (χ4n) is 1.96. The summed E-state index contributed by atoms with van der Waals surface area (Å²) in [6.07, 6.45) is -4.70. The maximum atomic E-state index is 12.5. The van der Waals surface area contributed by atoms with Crippen LogP contribution in [0.25, 0.3) is 0 Å². The Bertz CT molecular complexity index is 546. The van der Waals surface area contributed by atoms with Crippen molar-refractivity contribution in [2.75, 3.05) is 0 Å². The highest BCUT2D eigenvalue weighted by Gasteiger charge is 2.31. The van der Waals surface area contributed by atoms with Crippen LogP contribution in [0, 0.1) is 6.92 Å². The van der Waals surface area contributed by atoms with Gasteiger partial charge in [0.15, 0.2) is 0 Å². The number of thiophene rings is 1. The molecule has 0 radical (unpaired) electrons. The van der Waals surface area contributed by atoms with Gasteiger partial charge in [-0.05, 0) is 41.6 Å². The zero-order valence-electron chi connectivity index (χ0n) is 10.2. The molecule has 0 saturated carbocycles. The standard InChI is InChI=1S/C14H13F3OS/c1-9-7-10(14(15,16)17)4-5-12(9)13(18)8-11-3-2-6-19-11/h2-7,13,18H,8H2,1H3. The molecule has 0 fully saturated rings. The van der Waals surface area contributed by atoms with Gasteiger partial charge in [0.2, 0.25) is 0 Å². The summed E-state index contributed by atoms with van der Waals surface area (Å²) in [7, 11) is 0. The molecule has 1 aromatic carbocycles. The van der Waals surface area contributed by atoms with E-state index in [1.807, 2.05) is 17.5 Å². The lowest BCUT2D eigenvalue weighted by molar-refractivity contribution is -0.137. The number of aryl methyl sites for hydroxylation is 1. The van der Waals surface area contributed by atoms with E-state index in [0.29, 0.717) is 17.5 Å². The highest BCUT2D eigenvalue weighted by Crippen LogP contribution is 2.32. The van der Waals surface area contributed by atoms with E-state index in [1.54, 1.807) is 6.92 Å². The molecule has 0 saturated heterocycles. The zero-order valence-corrected chi connectivity index (χ0v) is 11.1. The molecule has 1 nitrogen and oxygen atoms in total. The second-order valence-electron chi connectivity index (χ2n) is 4.37. The monoisotopic (exact) mass is 286 g/mol. The van der Waals surface area contributed by atoms with Gasteiger partial charge in [0.05, 0.1) is 11.7 Å². The Morgan fingerprint density at radius 2 is 2.00 bits per heavy atom. The maximum Gasteiger partial charge on any atom is 0.416 e. The summed E-state index contributed by atoms with van der Waals surface area (Å²) in [4.78, 5) is 1.01. The Balaban J connectivity index is 2.21. The second kappa shape index (κ2) is 5.35. The first-order valence-electron chi connectivity index (χ1n) is 5.76. The molecule has 0 spiro atoms. The number of aliphatic hydroxyl groups is 1. The van der Waals surface area contributed by atoms with E-state index < -0.39 is 17.8 Å². The van der Waals surface area contributed by atoms with Gasteiger partial charge in [0, 0.05) is 11.3 Å². The minimum Gasteiger partial charge on any atom is -0.388 e. The molecule has 2 aromatic rings. The Hall–Kier alpha value is -1.33. The lowest BCUT2D eigenvalue weighted by Crippen LogP contribution is -2.08. The SMILES string of the molecule is Cc1cc(C(F)(F)F)ccc1C(O)Cc1cccs1. The third-order valence-corrected chi connectivity index (χ3v) is 3.83. The van der Waals surface area contributed by atoms with Crippen LogP contribution in [0.4, 0.5) is 13.2 Å². The molecule has 0 aliphatic rings. The van der Waals surface area contributed by atoms with Crippen LogP contribution in [0.1, 0.15) is 27.7 Å². The smallest absolute Gasteiger partial charge is 0.388 e. The van der Waals surface area contributed by atoms with Crippen molar-refractivity contribution in [3.63, 3.8) is 0 Å². The summed E-state index contributed by atoms with van der Waals surface area (Å²) in [6, 6.07) is 7.23. The van der Waals surface area contributed by atoms with E-state index in [1.165, 1.54) is 17.4 Å². The van der Waals surface area contributed by atoms with Gasteiger partial charge >= 0.3 is 6.18 Å². The molecule has 1 unspecified atom stereocenters. The fourth-order valence-corrected chi connectivity index (χ4v) is 2.70. The van der Waals surface area contributed by atoms with Gasteiger partial charge in [-0.15, -0.1) is 11.3 Å². The number of hydrogen-bond acceptors (Lipinski definition) is 2. The van der Waals surface area contributed by atoms with Crippen LogP contribution in [0.3, 0.4) is 0 Å². The van der Waals surface area contributed by atoms with Gasteiger partial charge in [-0.3, -0.25) is 0 Å². The van der Waals surface area contributed by atoms with E-state index in [-0.39, 0.29) is 0 Å². The number of alkyl halides is 3. The van der Waals surface area contributed by atoms with Crippen molar-refractivity contribution in [2.45, 2.75) is 25.6 Å². The van der Waals surface area contributed by atoms with Crippen LogP contribution in [-0.2, 0) is 12.6 Å². The molecule has 19 heavy (non-hydrogen) atoms. The van der Waals surface area contributed by atoms with Crippen molar-refractivity contribution < 1.29 is 18.3 Å². The van der Waals surface area contributed by atoms with E-state index >= 15 is 0 Å². The Kier molecular flexibility index (Phi) is 3.96. The van der Waals surface area contributed by atoms with Crippen LogP contribution >= 0.6 is 11.3 Å². The zero-order chi connectivity index (χ0) is 14.0. The van der Waals surface area contributed by atoms with Crippen molar-refractivity contribution in [1.82, 2.24) is 0 Å². The Morgan fingerprint density at radius 1 is 1.26 bits per heavy atom. The number of aliphatic hydroxyl groups excluding tert-OH is 1. The average Bonchev–Trinajstić information content (AvgIpc) is 2.80. The normalized spacial score (nSPS) is 13.5. The van der Waals surface area contributed by atoms with Crippen LogP contribution in [-0.4, -0.2) is 5.11 Å². The Morgan fingerprint density at radius 3 is 2.53 bits per heavy atom. The van der Waals surface area contributed by atoms with E-state index in [2.05, 4.69) is 0 Å². The largest absolute Gasteiger partial charge is 0.416 e. The molecule has 0 aliphatic carbocycles. The summed E-state index contributed by atoms with van der Waals surface area (Å²) in [5, 5.41) is 12.0. The molecule has 0 aliphatic heterocycles. The van der Waals surface area contributed by atoms with E-state index in [0.717, 1.165) is 17.0 Å². The summed E-state index contributed by atoms with van der Waals surface area (Å²) in [6.45, 7) is 1.59. The highest BCUT2D eigenvalue weighted by molar-refractivity contribution is 7.09. The van der Waals surface area contributed by atoms with Crippen molar-refractivity contribution in [3.05, 3.63) is 57.3 Å². The molecular weight excluding hydrogens is 273 g/mol. The van der Waals surface area contributed by atoms with Gasteiger partial charge in [-0.1, -0.05) is 12.1 Å². The van der Waals surface area contributed by atoms with Gasteiger partial charge in [-0.25, -0.2) is 0 Å². The number of halogens is 3. The molecule has 0 bridgehead atoms. The van der Waals surface area contributed by atoms with Gasteiger partial charge in [0.25, 0.3) is 0 Å². The quantitative estimate of drug-likeness (QED) is 0.889. The predicted molar refractivity (Wildman–Crippen MR) is 69.2 cm³/mol. The summed E-state index contributed by atoms with van der Waals surface area (Å²) in [5.41, 5.74) is 0.317. The third kappa shape index (κ3) is 3.36. The summed E-state index contributed by atoms with van der Waals surface area (Å²) < 4.78 is 37.6. The van der Waals surface area contributed by atoms with Crippen molar-refractivity contribution in [1.29, 1.82) is 0 Å². The molecule has 1 heterocycles. The van der Waals surface area contributed by atoms with E-state index in [9.17, 15) is 18.3 Å². The summed E-state index contributed by atoms with van der Waals surface area (Å²) in [5.74, 6) is 0. The van der Waals surface area contributed by atoms with Crippen LogP contribution in [0.15, 0.2) is 35.7 Å². The fraction of sp³-hybridized carbons (Fsp3) is 0.286. The van der Waals surface area contributed by atoms with Crippen LogP contribution in [0.5, 0.6) is 0 Å². The Labute approximate surface area is 113 Å². The van der Waals surface area contributed by atoms with Crippen LogP contribution < -0.4 is 0 Å². The van der Waals surface area contributed by atoms with Crippen molar-refractivity contribution in [2.24, 2.45) is 0 Å². The molecule has 1 N–H and O–H groups in total. The predicted octanol–water partition coefficient (Wildman–Crippen LogP) is 4.35. The first-order chi connectivity index (χ1) is 8.88. The number of hydrogen-bond donors (Lipinski definition) is 1.